The van der Waals surface area contributed by atoms with Crippen LogP contribution in [0.3, 0.4) is 0 Å². The highest BCUT2D eigenvalue weighted by atomic mass is 16.5. The van der Waals surface area contributed by atoms with Crippen LogP contribution in [0, 0.1) is 0 Å². The number of carboxylic acid groups (broad SMARTS) is 1. The Balaban J connectivity index is 2.19. The summed E-state index contributed by atoms with van der Waals surface area (Å²) >= 11 is 0. The van der Waals surface area contributed by atoms with E-state index in [4.69, 9.17) is 19.3 Å². The van der Waals surface area contributed by atoms with Crippen molar-refractivity contribution in [3.05, 3.63) is 95.6 Å². The molecule has 1 N–H and O–H groups in total. The van der Waals surface area contributed by atoms with Gasteiger partial charge in [-0.25, -0.2) is 0 Å². The average molecular weight is 392 g/mol. The van der Waals surface area contributed by atoms with Gasteiger partial charge in [0.05, 0.1) is 27.2 Å². The van der Waals surface area contributed by atoms with Crippen LogP contribution < -0.4 is 9.47 Å². The highest BCUT2D eigenvalue weighted by molar-refractivity contribution is 5.66. The second-order valence-electron chi connectivity index (χ2n) is 6.50. The molecule has 0 atom stereocenters. The molecule has 5 nitrogen and oxygen atoms in total. The lowest BCUT2D eigenvalue weighted by atomic mass is 9.80. The molecule has 0 aromatic heterocycles. The molecule has 29 heavy (non-hydrogen) atoms. The van der Waals surface area contributed by atoms with Crippen molar-refractivity contribution in [3.8, 4) is 11.5 Å². The van der Waals surface area contributed by atoms with Crippen LogP contribution >= 0.6 is 0 Å². The van der Waals surface area contributed by atoms with Gasteiger partial charge in [0.2, 0.25) is 0 Å². The number of ether oxygens (including phenoxy) is 3. The quantitative estimate of drug-likeness (QED) is 0.544. The van der Waals surface area contributed by atoms with Gasteiger partial charge in [0.25, 0.3) is 0 Å². The number of carboxylic acids is 1. The van der Waals surface area contributed by atoms with Crippen LogP contribution in [-0.4, -0.2) is 31.9 Å². The first-order chi connectivity index (χ1) is 14.1. The molecule has 0 fully saturated rings. The summed E-state index contributed by atoms with van der Waals surface area (Å²) in [5.74, 6) is 0.559. The molecule has 0 saturated heterocycles. The molecule has 0 spiro atoms. The Kier molecular flexibility index (Phi) is 6.52. The predicted octanol–water partition coefficient (Wildman–Crippen LogP) is 4.49. The lowest BCUT2D eigenvalue weighted by molar-refractivity contribution is -0.139. The Hall–Kier alpha value is -3.31. The van der Waals surface area contributed by atoms with Crippen molar-refractivity contribution in [2.24, 2.45) is 0 Å². The van der Waals surface area contributed by atoms with Crippen LogP contribution in [0.2, 0.25) is 0 Å². The minimum atomic E-state index is -0.977. The average Bonchev–Trinajstić information content (AvgIpc) is 2.77. The van der Waals surface area contributed by atoms with E-state index in [1.807, 2.05) is 78.9 Å². The Bertz CT molecular complexity index is 870. The number of benzene rings is 3. The third-order valence-corrected chi connectivity index (χ3v) is 4.81. The standard InChI is InChI=1S/C24H24O5/c1-27-21-12-8-19(9-13-21)24(29-17-16-23(25)26,18-6-4-3-5-7-18)20-10-14-22(28-2)15-11-20/h3-15H,16-17H2,1-2H3,(H,25,26). The second-order valence-corrected chi connectivity index (χ2v) is 6.50. The summed E-state index contributed by atoms with van der Waals surface area (Å²) in [6.45, 7) is 0.0578. The highest BCUT2D eigenvalue weighted by Crippen LogP contribution is 2.41. The second kappa shape index (κ2) is 9.26. The molecule has 0 unspecified atom stereocenters. The minimum absolute atomic E-state index is 0.0578. The van der Waals surface area contributed by atoms with E-state index in [0.29, 0.717) is 0 Å². The smallest absolute Gasteiger partial charge is 0.305 e. The topological polar surface area (TPSA) is 65.0 Å². The highest BCUT2D eigenvalue weighted by Gasteiger charge is 2.37. The van der Waals surface area contributed by atoms with Gasteiger partial charge in [0, 0.05) is 0 Å². The van der Waals surface area contributed by atoms with Gasteiger partial charge in [0.1, 0.15) is 17.1 Å². The summed E-state index contributed by atoms with van der Waals surface area (Å²) in [6, 6.07) is 25.0. The number of hydrogen-bond acceptors (Lipinski definition) is 4. The monoisotopic (exact) mass is 392 g/mol. The van der Waals surface area contributed by atoms with E-state index in [2.05, 4.69) is 0 Å². The van der Waals surface area contributed by atoms with E-state index < -0.39 is 11.6 Å². The van der Waals surface area contributed by atoms with E-state index in [-0.39, 0.29) is 13.0 Å². The summed E-state index contributed by atoms with van der Waals surface area (Å²) in [4.78, 5) is 11.1. The maximum absolute atomic E-state index is 11.1. The zero-order valence-electron chi connectivity index (χ0n) is 16.5. The molecular weight excluding hydrogens is 368 g/mol. The first-order valence-corrected chi connectivity index (χ1v) is 9.30. The fourth-order valence-corrected chi connectivity index (χ4v) is 3.37. The minimum Gasteiger partial charge on any atom is -0.497 e. The van der Waals surface area contributed by atoms with Crippen molar-refractivity contribution in [2.45, 2.75) is 12.0 Å². The summed E-state index contributed by atoms with van der Waals surface area (Å²) in [7, 11) is 3.23. The summed E-state index contributed by atoms with van der Waals surface area (Å²) in [5.41, 5.74) is 1.68. The first-order valence-electron chi connectivity index (χ1n) is 9.30. The van der Waals surface area contributed by atoms with Crippen LogP contribution in [0.1, 0.15) is 23.1 Å². The van der Waals surface area contributed by atoms with E-state index >= 15 is 0 Å². The van der Waals surface area contributed by atoms with Crippen molar-refractivity contribution in [2.75, 3.05) is 20.8 Å². The van der Waals surface area contributed by atoms with Crippen LogP contribution in [-0.2, 0) is 15.1 Å². The van der Waals surface area contributed by atoms with Crippen molar-refractivity contribution in [3.63, 3.8) is 0 Å². The first kappa shape index (κ1) is 20.4. The predicted molar refractivity (Wildman–Crippen MR) is 111 cm³/mol. The molecular formula is C24H24O5. The lowest BCUT2D eigenvalue weighted by Gasteiger charge is -2.36. The summed E-state index contributed by atoms with van der Waals surface area (Å²) in [6.07, 6.45) is -0.0963. The van der Waals surface area contributed by atoms with E-state index in [1.165, 1.54) is 0 Å². The van der Waals surface area contributed by atoms with Crippen molar-refractivity contribution in [1.29, 1.82) is 0 Å². The molecule has 0 heterocycles. The van der Waals surface area contributed by atoms with Crippen molar-refractivity contribution < 1.29 is 24.1 Å². The number of carbonyl (C=O) groups is 1. The number of hydrogen-bond donors (Lipinski definition) is 1. The van der Waals surface area contributed by atoms with Gasteiger partial charge < -0.3 is 19.3 Å². The van der Waals surface area contributed by atoms with Gasteiger partial charge in [-0.15, -0.1) is 0 Å². The van der Waals surface area contributed by atoms with Gasteiger partial charge in [-0.1, -0.05) is 54.6 Å². The Morgan fingerprint density at radius 3 is 1.62 bits per heavy atom. The summed E-state index contributed by atoms with van der Waals surface area (Å²) in [5, 5.41) is 9.15. The molecule has 0 bridgehead atoms. The zero-order valence-corrected chi connectivity index (χ0v) is 16.5. The fourth-order valence-electron chi connectivity index (χ4n) is 3.37. The Morgan fingerprint density at radius 2 is 1.21 bits per heavy atom. The molecule has 0 radical (unpaired) electrons. The van der Waals surface area contributed by atoms with Crippen LogP contribution in [0.5, 0.6) is 11.5 Å². The molecule has 5 heteroatoms. The molecule has 3 aromatic rings. The SMILES string of the molecule is COc1ccc(C(OCCC(=O)O)(c2ccccc2)c2ccc(OC)cc2)cc1. The maximum Gasteiger partial charge on any atom is 0.305 e. The number of aliphatic carboxylic acids is 1. The van der Waals surface area contributed by atoms with Gasteiger partial charge in [-0.2, -0.15) is 0 Å². The van der Waals surface area contributed by atoms with E-state index in [9.17, 15) is 4.79 Å². The Labute approximate surface area is 170 Å². The molecule has 0 aliphatic rings. The van der Waals surface area contributed by atoms with Gasteiger partial charge in [0.15, 0.2) is 0 Å². The lowest BCUT2D eigenvalue weighted by Crippen LogP contribution is -2.33. The van der Waals surface area contributed by atoms with Crippen LogP contribution in [0.25, 0.3) is 0 Å². The molecule has 150 valence electrons. The van der Waals surface area contributed by atoms with Gasteiger partial charge >= 0.3 is 5.97 Å². The fraction of sp³-hybridized carbons (Fsp3) is 0.208. The molecule has 3 rings (SSSR count). The molecule has 0 aliphatic carbocycles. The largest absolute Gasteiger partial charge is 0.497 e. The van der Waals surface area contributed by atoms with Crippen LogP contribution in [0.15, 0.2) is 78.9 Å². The number of methoxy groups -OCH3 is 2. The molecule has 0 amide bonds. The van der Waals surface area contributed by atoms with Crippen molar-refractivity contribution >= 4 is 5.97 Å². The third kappa shape index (κ3) is 4.41. The zero-order chi connectivity index (χ0) is 20.7. The molecule has 0 saturated carbocycles. The van der Waals surface area contributed by atoms with Crippen LogP contribution in [0.4, 0.5) is 0 Å². The van der Waals surface area contributed by atoms with Crippen molar-refractivity contribution in [1.82, 2.24) is 0 Å². The maximum atomic E-state index is 11.1. The van der Waals surface area contributed by atoms with Gasteiger partial charge in [-0.05, 0) is 41.0 Å². The Morgan fingerprint density at radius 1 is 0.759 bits per heavy atom. The molecule has 0 aliphatic heterocycles. The van der Waals surface area contributed by atoms with E-state index in [0.717, 1.165) is 28.2 Å². The normalized spacial score (nSPS) is 11.1. The van der Waals surface area contributed by atoms with Gasteiger partial charge in [-0.3, -0.25) is 4.79 Å². The third-order valence-electron chi connectivity index (χ3n) is 4.81. The summed E-state index contributed by atoms with van der Waals surface area (Å²) < 4.78 is 17.0. The van der Waals surface area contributed by atoms with E-state index in [1.54, 1.807) is 14.2 Å². The molecule has 3 aromatic carbocycles. The number of rotatable bonds is 9.